The Hall–Kier alpha value is -7.17. The molecule has 4 nitrogen and oxygen atoms in total. The van der Waals surface area contributed by atoms with Crippen molar-refractivity contribution in [2.75, 3.05) is 0 Å². The first-order valence-corrected chi connectivity index (χ1v) is 18.2. The second kappa shape index (κ2) is 13.4. The molecule has 54 heavy (non-hydrogen) atoms. The molecule has 8 aromatic carbocycles. The van der Waals surface area contributed by atoms with Crippen LogP contribution in [0.3, 0.4) is 0 Å². The van der Waals surface area contributed by atoms with E-state index in [2.05, 4.69) is 146 Å². The molecule has 0 saturated heterocycles. The van der Waals surface area contributed by atoms with Gasteiger partial charge in [0.05, 0.1) is 0 Å². The van der Waals surface area contributed by atoms with E-state index in [0.717, 1.165) is 55.3 Å². The van der Waals surface area contributed by atoms with Gasteiger partial charge in [-0.05, 0) is 74.0 Å². The van der Waals surface area contributed by atoms with Gasteiger partial charge < -0.3 is 4.42 Å². The maximum atomic E-state index is 6.40. The Balaban J connectivity index is 1.02. The van der Waals surface area contributed by atoms with E-state index in [1.165, 1.54) is 27.5 Å². The summed E-state index contributed by atoms with van der Waals surface area (Å²) in [5.41, 5.74) is 11.7. The Kier molecular flexibility index (Phi) is 7.85. The molecule has 254 valence electrons. The Labute approximate surface area is 313 Å². The summed E-state index contributed by atoms with van der Waals surface area (Å²) in [6, 6.07) is 65.6. The number of nitrogens with zero attached hydrogens (tertiary/aromatic N) is 3. The number of furan rings is 1. The lowest BCUT2D eigenvalue weighted by Gasteiger charge is -2.10. The lowest BCUT2D eigenvalue weighted by molar-refractivity contribution is 0.668. The second-order valence-corrected chi connectivity index (χ2v) is 13.6. The molecule has 10 rings (SSSR count). The van der Waals surface area contributed by atoms with Gasteiger partial charge in [0, 0.05) is 28.3 Å². The molecule has 2 aromatic heterocycles. The number of aromatic nitrogens is 3. The summed E-state index contributed by atoms with van der Waals surface area (Å²) in [6.07, 6.45) is 0.521. The van der Waals surface area contributed by atoms with Crippen LogP contribution in [0.5, 0.6) is 0 Å². The van der Waals surface area contributed by atoms with Crippen molar-refractivity contribution in [3.63, 3.8) is 0 Å². The zero-order valence-electron chi connectivity index (χ0n) is 29.4. The van der Waals surface area contributed by atoms with Crippen molar-refractivity contribution < 1.29 is 4.42 Å². The van der Waals surface area contributed by atoms with Crippen LogP contribution in [0.1, 0.15) is 11.4 Å². The maximum absolute atomic E-state index is 6.40. The lowest BCUT2D eigenvalue weighted by Crippen LogP contribution is -2.04. The molecule has 0 unspecified atom stereocenters. The minimum absolute atomic E-state index is 0.521. The van der Waals surface area contributed by atoms with E-state index in [4.69, 9.17) is 19.4 Å². The molecule has 0 aliphatic heterocycles. The van der Waals surface area contributed by atoms with Crippen LogP contribution in [-0.4, -0.2) is 15.0 Å². The minimum atomic E-state index is 0.521. The van der Waals surface area contributed by atoms with Gasteiger partial charge in [0.1, 0.15) is 17.0 Å². The van der Waals surface area contributed by atoms with Gasteiger partial charge in [0.25, 0.3) is 0 Å². The third-order valence-electron chi connectivity index (χ3n) is 10.2. The Morgan fingerprint density at radius 3 is 1.56 bits per heavy atom. The monoisotopic (exact) mass is 691 g/mol. The third kappa shape index (κ3) is 6.00. The van der Waals surface area contributed by atoms with Gasteiger partial charge >= 0.3 is 0 Å². The van der Waals surface area contributed by atoms with Crippen LogP contribution in [0, 0.1) is 0 Å². The van der Waals surface area contributed by atoms with Crippen LogP contribution in [-0.2, 0) is 6.42 Å². The Morgan fingerprint density at radius 2 is 0.870 bits per heavy atom. The van der Waals surface area contributed by atoms with Crippen molar-refractivity contribution in [2.45, 2.75) is 6.42 Å². The van der Waals surface area contributed by atoms with E-state index in [1.54, 1.807) is 0 Å². The highest BCUT2D eigenvalue weighted by Gasteiger charge is 2.17. The summed E-state index contributed by atoms with van der Waals surface area (Å²) in [5.74, 6) is 2.00. The topological polar surface area (TPSA) is 51.8 Å². The van der Waals surface area contributed by atoms with Gasteiger partial charge in [-0.1, -0.05) is 164 Å². The van der Waals surface area contributed by atoms with Crippen molar-refractivity contribution in [1.29, 1.82) is 0 Å². The number of fused-ring (bicyclic) bond motifs is 4. The number of hydrogen-bond donors (Lipinski definition) is 0. The molecule has 10 aromatic rings. The summed E-state index contributed by atoms with van der Waals surface area (Å²) in [6.45, 7) is 0. The molecule has 0 aliphatic carbocycles. The van der Waals surface area contributed by atoms with Gasteiger partial charge in [-0.25, -0.2) is 15.0 Å². The van der Waals surface area contributed by atoms with Gasteiger partial charge in [-0.3, -0.25) is 0 Å². The summed E-state index contributed by atoms with van der Waals surface area (Å²) < 4.78 is 6.40. The highest BCUT2D eigenvalue weighted by Crippen LogP contribution is 2.36. The second-order valence-electron chi connectivity index (χ2n) is 13.6. The van der Waals surface area contributed by atoms with Crippen LogP contribution >= 0.6 is 0 Å². The fourth-order valence-corrected chi connectivity index (χ4v) is 7.41. The lowest BCUT2D eigenvalue weighted by atomic mass is 9.98. The molecule has 2 heterocycles. The van der Waals surface area contributed by atoms with Crippen LogP contribution in [0.4, 0.5) is 0 Å². The molecule has 0 bridgehead atoms. The first-order valence-electron chi connectivity index (χ1n) is 18.2. The van der Waals surface area contributed by atoms with Crippen molar-refractivity contribution >= 4 is 32.7 Å². The van der Waals surface area contributed by atoms with Gasteiger partial charge in [-0.15, -0.1) is 0 Å². The Morgan fingerprint density at radius 1 is 0.352 bits per heavy atom. The fraction of sp³-hybridized carbons (Fsp3) is 0.0200. The van der Waals surface area contributed by atoms with Gasteiger partial charge in [0.2, 0.25) is 0 Å². The molecule has 0 N–H and O–H groups in total. The normalized spacial score (nSPS) is 11.4. The first kappa shape index (κ1) is 31.6. The number of benzene rings is 8. The average molecular weight is 692 g/mol. The first-order chi connectivity index (χ1) is 26.7. The van der Waals surface area contributed by atoms with E-state index in [1.807, 2.05) is 42.5 Å². The Bertz CT molecular complexity index is 2930. The van der Waals surface area contributed by atoms with Crippen molar-refractivity contribution in [1.82, 2.24) is 15.0 Å². The predicted octanol–water partition coefficient (Wildman–Crippen LogP) is 12.8. The van der Waals surface area contributed by atoms with E-state index in [-0.39, 0.29) is 0 Å². The minimum Gasteiger partial charge on any atom is -0.456 e. The van der Waals surface area contributed by atoms with Crippen LogP contribution in [0.15, 0.2) is 192 Å². The molecule has 0 spiro atoms. The standard InChI is InChI=1S/C50H33N3O/c1-3-10-33(11-4-1)35-18-20-36(21-19-35)37-22-25-39(26-23-37)50-52-47(51-49(53-50)38-13-5-2-6-14-38)32-43-16-9-17-46-48(43)44-31-42(28-29-45(44)54-46)41-27-24-34-12-7-8-15-40(34)30-41/h1-31H,32H2. The van der Waals surface area contributed by atoms with Crippen LogP contribution < -0.4 is 0 Å². The molecule has 0 saturated carbocycles. The smallest absolute Gasteiger partial charge is 0.163 e. The number of rotatable bonds is 7. The third-order valence-corrected chi connectivity index (χ3v) is 10.2. The maximum Gasteiger partial charge on any atom is 0.163 e. The highest BCUT2D eigenvalue weighted by atomic mass is 16.3. The molecule has 0 amide bonds. The van der Waals surface area contributed by atoms with Gasteiger partial charge in [-0.2, -0.15) is 0 Å². The van der Waals surface area contributed by atoms with E-state index in [0.29, 0.717) is 23.9 Å². The van der Waals surface area contributed by atoms with Gasteiger partial charge in [0.15, 0.2) is 11.6 Å². The molecular formula is C50H33N3O. The molecule has 4 heteroatoms. The molecule has 0 atom stereocenters. The summed E-state index contributed by atoms with van der Waals surface area (Å²) in [5, 5.41) is 4.62. The quantitative estimate of drug-likeness (QED) is 0.167. The zero-order valence-corrected chi connectivity index (χ0v) is 29.4. The SMILES string of the molecule is c1ccc(-c2ccc(-c3ccc(-c4nc(Cc5cccc6oc7ccc(-c8ccc9ccccc9c8)cc7c56)nc(-c5ccccc5)n4)cc3)cc2)cc1. The van der Waals surface area contributed by atoms with Crippen molar-refractivity contribution in [2.24, 2.45) is 0 Å². The van der Waals surface area contributed by atoms with Crippen LogP contribution in [0.2, 0.25) is 0 Å². The van der Waals surface area contributed by atoms with Crippen LogP contribution in [0.25, 0.3) is 88.9 Å². The number of hydrogen-bond acceptors (Lipinski definition) is 4. The molecule has 0 aliphatic rings. The summed E-state index contributed by atoms with van der Waals surface area (Å²) >= 11 is 0. The summed E-state index contributed by atoms with van der Waals surface area (Å²) in [4.78, 5) is 15.1. The van der Waals surface area contributed by atoms with E-state index < -0.39 is 0 Å². The molecular weight excluding hydrogens is 659 g/mol. The summed E-state index contributed by atoms with van der Waals surface area (Å²) in [7, 11) is 0. The average Bonchev–Trinajstić information content (AvgIpc) is 3.63. The van der Waals surface area contributed by atoms with Crippen molar-refractivity contribution in [3.8, 4) is 56.2 Å². The predicted molar refractivity (Wildman–Crippen MR) is 221 cm³/mol. The molecule has 0 radical (unpaired) electrons. The van der Waals surface area contributed by atoms with E-state index in [9.17, 15) is 0 Å². The fourth-order valence-electron chi connectivity index (χ4n) is 7.41. The molecule has 0 fully saturated rings. The van der Waals surface area contributed by atoms with E-state index >= 15 is 0 Å². The largest absolute Gasteiger partial charge is 0.456 e. The highest BCUT2D eigenvalue weighted by molar-refractivity contribution is 6.08. The zero-order chi connectivity index (χ0) is 35.8. The van der Waals surface area contributed by atoms with Crippen molar-refractivity contribution in [3.05, 3.63) is 199 Å².